The number of piperidine rings is 1. The zero-order valence-electron chi connectivity index (χ0n) is 47.7. The van der Waals surface area contributed by atoms with E-state index < -0.39 is 93.8 Å². The van der Waals surface area contributed by atoms with Gasteiger partial charge in [-0.2, -0.15) is 13.2 Å². The molecule has 0 spiro atoms. The fourth-order valence-electron chi connectivity index (χ4n) is 12.9. The van der Waals surface area contributed by atoms with E-state index in [-0.39, 0.29) is 53.8 Å². The minimum absolute atomic E-state index is 0.00179. The highest BCUT2D eigenvalue weighted by Crippen LogP contribution is 2.44. The van der Waals surface area contributed by atoms with Gasteiger partial charge in [-0.15, -0.1) is 11.8 Å². The van der Waals surface area contributed by atoms with Crippen LogP contribution in [0.1, 0.15) is 101 Å². The summed E-state index contributed by atoms with van der Waals surface area (Å²) in [7, 11) is -11.1. The van der Waals surface area contributed by atoms with Crippen LogP contribution in [0.2, 0.25) is 5.02 Å². The number of imide groups is 2. The van der Waals surface area contributed by atoms with Crippen molar-refractivity contribution in [3.8, 4) is 0 Å². The summed E-state index contributed by atoms with van der Waals surface area (Å²) in [5.74, 6) is -4.83. The number of rotatable bonds is 19. The predicted octanol–water partition coefficient (Wildman–Crippen LogP) is 9.00. The van der Waals surface area contributed by atoms with Crippen molar-refractivity contribution in [2.45, 2.75) is 110 Å². The van der Waals surface area contributed by atoms with Crippen LogP contribution in [0.25, 0.3) is 5.57 Å². The summed E-state index contributed by atoms with van der Waals surface area (Å²) >= 11 is 7.60. The molecule has 5 aromatic rings. The van der Waals surface area contributed by atoms with E-state index in [2.05, 4.69) is 56.2 Å². The molecule has 6 aliphatic rings. The number of thioether (sulfide) groups is 1. The van der Waals surface area contributed by atoms with Crippen LogP contribution < -0.4 is 20.3 Å². The van der Waals surface area contributed by atoms with Gasteiger partial charge in [0.25, 0.3) is 37.6 Å². The van der Waals surface area contributed by atoms with Gasteiger partial charge in [0.05, 0.1) is 21.7 Å². The molecule has 460 valence electrons. The number of allylic oxidation sites excluding steroid dienone is 1. The standard InChI is InChI=1S/C62H65ClF4N8O9S3/c1-61(2)22-20-49(39-8-12-42(63)13-9-39)41(32-61)34-71-24-26-72(27-25-71)44-14-10-40(11-15-44)57(77)70-87(83,84)48-16-17-52(54(31-48)86(81,82)62(65,66)67)68-43(37-85-47-6-4-3-5-7-47)21-23-73-35-46-30-45(73)36-74(46)33-38-28-50-56(51(64)29-38)60(80)75(59(50)79)53-18-19-55(76)69-58(53)78/h3-17,28-29,31,43,45-46,53,68H,18-27,30,32-37H2,1-2H3,(H,70,77)(H,69,76,78)/t43?,45-,46-,53?/m1/s1. The molecule has 4 fully saturated rings. The summed E-state index contributed by atoms with van der Waals surface area (Å²) in [5.41, 5.74) is -1.53. The highest BCUT2D eigenvalue weighted by molar-refractivity contribution is 7.99. The van der Waals surface area contributed by atoms with Crippen LogP contribution in [0.4, 0.5) is 28.9 Å². The second-order valence-corrected chi connectivity index (χ2v) is 29.1. The van der Waals surface area contributed by atoms with Gasteiger partial charge in [0.2, 0.25) is 11.8 Å². The van der Waals surface area contributed by atoms with E-state index in [1.54, 1.807) is 12.1 Å². The summed E-state index contributed by atoms with van der Waals surface area (Å²) in [4.78, 5) is 73.0. The van der Waals surface area contributed by atoms with Crippen LogP contribution in [-0.4, -0.2) is 154 Å². The van der Waals surface area contributed by atoms with E-state index in [0.29, 0.717) is 60.7 Å². The van der Waals surface area contributed by atoms with E-state index >= 15 is 4.39 Å². The van der Waals surface area contributed by atoms with Crippen molar-refractivity contribution in [2.75, 3.05) is 68.3 Å². The molecule has 87 heavy (non-hydrogen) atoms. The average molecular weight is 1270 g/mol. The number of alkyl halides is 3. The molecule has 0 aromatic heterocycles. The number of hydrogen-bond donors (Lipinski definition) is 3. The van der Waals surface area contributed by atoms with E-state index in [4.69, 9.17) is 11.6 Å². The minimum Gasteiger partial charge on any atom is -0.380 e. The average Bonchev–Trinajstić information content (AvgIpc) is 1.79. The quantitative estimate of drug-likeness (QED) is 0.0401. The molecular formula is C62H65ClF4N8O9S3. The molecule has 25 heteroatoms. The summed E-state index contributed by atoms with van der Waals surface area (Å²) in [6.07, 6.45) is 3.95. The SMILES string of the molecule is CC1(C)CCC(c2ccc(Cl)cc2)=C(CN2CCN(c3ccc(C(=O)NS(=O)(=O)c4ccc(NC(CCN5C[C@H]6C[C@@H]5CN6Cc5cc(F)c6c(c5)C(=O)N(C5CCC(=O)NC5=O)C6=O)CSc5ccccc5)c(S(=O)(=O)C(F)(F)F)c4)cc3)CC2)C1. The second-order valence-electron chi connectivity index (χ2n) is 24.0. The van der Waals surface area contributed by atoms with Crippen molar-refractivity contribution in [3.63, 3.8) is 0 Å². The van der Waals surface area contributed by atoms with Crippen molar-refractivity contribution in [1.82, 2.24) is 29.6 Å². The van der Waals surface area contributed by atoms with E-state index in [1.807, 2.05) is 47.2 Å². The zero-order chi connectivity index (χ0) is 61.7. The third-order valence-corrected chi connectivity index (χ3v) is 21.7. The number of benzene rings is 5. The predicted molar refractivity (Wildman–Crippen MR) is 322 cm³/mol. The number of sulfone groups is 1. The highest BCUT2D eigenvalue weighted by Gasteiger charge is 2.50. The van der Waals surface area contributed by atoms with Gasteiger partial charge in [0.15, 0.2) is 0 Å². The van der Waals surface area contributed by atoms with Crippen molar-refractivity contribution >= 4 is 89.7 Å². The van der Waals surface area contributed by atoms with Crippen LogP contribution in [0.3, 0.4) is 0 Å². The number of piperazine rings is 2. The first-order valence-corrected chi connectivity index (χ1v) is 33.2. The lowest BCUT2D eigenvalue weighted by Gasteiger charge is -2.39. The van der Waals surface area contributed by atoms with Crippen molar-refractivity contribution in [2.24, 2.45) is 5.41 Å². The number of hydrogen-bond acceptors (Lipinski definition) is 15. The lowest BCUT2D eigenvalue weighted by molar-refractivity contribution is -0.136. The maximum absolute atomic E-state index is 15.7. The number of amides is 5. The third-order valence-electron chi connectivity index (χ3n) is 17.5. The first-order valence-electron chi connectivity index (χ1n) is 28.8. The Hall–Kier alpha value is -6.67. The molecule has 0 radical (unpaired) electrons. The molecule has 3 N–H and O–H groups in total. The van der Waals surface area contributed by atoms with Gasteiger partial charge in [-0.1, -0.05) is 61.4 Å². The molecule has 2 unspecified atom stereocenters. The Morgan fingerprint density at radius 2 is 1.53 bits per heavy atom. The molecular weight excluding hydrogens is 1210 g/mol. The summed E-state index contributed by atoms with van der Waals surface area (Å²) in [6.45, 7) is 10.2. The first-order chi connectivity index (χ1) is 41.3. The Labute approximate surface area is 511 Å². The Bertz CT molecular complexity index is 3790. The van der Waals surface area contributed by atoms with E-state index in [9.17, 15) is 54.0 Å². The molecule has 4 atom stereocenters. The van der Waals surface area contributed by atoms with Crippen LogP contribution in [0.5, 0.6) is 0 Å². The molecule has 11 rings (SSSR count). The van der Waals surface area contributed by atoms with E-state index in [1.165, 1.54) is 52.7 Å². The number of carbonyl (C=O) groups excluding carboxylic acids is 5. The molecule has 4 saturated heterocycles. The first kappa shape index (κ1) is 62.0. The van der Waals surface area contributed by atoms with Crippen molar-refractivity contribution < 1.29 is 58.4 Å². The van der Waals surface area contributed by atoms with Crippen LogP contribution in [0.15, 0.2) is 129 Å². The normalized spacial score (nSPS) is 21.6. The Morgan fingerprint density at radius 3 is 2.21 bits per heavy atom. The third kappa shape index (κ3) is 13.4. The van der Waals surface area contributed by atoms with Crippen LogP contribution in [-0.2, 0) is 36.0 Å². The van der Waals surface area contributed by atoms with Gasteiger partial charge in [0.1, 0.15) is 16.8 Å². The van der Waals surface area contributed by atoms with Gasteiger partial charge >= 0.3 is 5.51 Å². The Morgan fingerprint density at radius 1 is 0.828 bits per heavy atom. The fraction of sp³-hybridized carbons (Fsp3) is 0.403. The maximum Gasteiger partial charge on any atom is 0.501 e. The summed E-state index contributed by atoms with van der Waals surface area (Å²) in [5, 5.41) is 5.84. The monoisotopic (exact) mass is 1270 g/mol. The zero-order valence-corrected chi connectivity index (χ0v) is 51.0. The smallest absolute Gasteiger partial charge is 0.380 e. The Kier molecular flexibility index (Phi) is 17.6. The number of carbonyl (C=O) groups is 5. The molecule has 0 saturated carbocycles. The number of anilines is 2. The minimum atomic E-state index is -6.19. The van der Waals surface area contributed by atoms with Crippen molar-refractivity contribution in [3.05, 3.63) is 153 Å². The maximum atomic E-state index is 15.7. The van der Waals surface area contributed by atoms with Gasteiger partial charge in [-0.25, -0.2) is 25.9 Å². The van der Waals surface area contributed by atoms with Gasteiger partial charge in [0, 0.05) is 110 Å². The molecule has 2 bridgehead atoms. The van der Waals surface area contributed by atoms with Crippen LogP contribution in [0, 0.1) is 11.2 Å². The van der Waals surface area contributed by atoms with Gasteiger partial charge in [-0.3, -0.25) is 48.9 Å². The lowest BCUT2D eigenvalue weighted by Crippen LogP contribution is -2.54. The van der Waals surface area contributed by atoms with Crippen LogP contribution >= 0.6 is 23.4 Å². The number of nitrogens with zero attached hydrogens (tertiary/aromatic N) is 5. The molecule has 5 heterocycles. The number of likely N-dealkylation sites (tertiary alicyclic amines) is 2. The lowest BCUT2D eigenvalue weighted by atomic mass is 9.73. The topological polar surface area (TPSA) is 206 Å². The van der Waals surface area contributed by atoms with Crippen molar-refractivity contribution in [1.29, 1.82) is 0 Å². The summed E-state index contributed by atoms with van der Waals surface area (Å²) < 4.78 is 116. The number of fused-ring (bicyclic) bond motifs is 3. The second kappa shape index (κ2) is 24.7. The fourth-order valence-corrected chi connectivity index (χ4v) is 16.0. The number of nitrogens with one attached hydrogen (secondary N) is 3. The molecule has 1 aliphatic carbocycles. The molecule has 5 amide bonds. The largest absolute Gasteiger partial charge is 0.501 e. The number of halogens is 5. The van der Waals surface area contributed by atoms with E-state index in [0.717, 1.165) is 68.0 Å². The molecule has 5 aromatic carbocycles. The Balaban J connectivity index is 0.734. The molecule has 5 aliphatic heterocycles. The summed E-state index contributed by atoms with van der Waals surface area (Å²) in [6, 6.07) is 26.6. The van der Waals surface area contributed by atoms with Gasteiger partial charge < -0.3 is 10.2 Å². The van der Waals surface area contributed by atoms with Gasteiger partial charge in [-0.05, 0) is 140 Å². The highest BCUT2D eigenvalue weighted by atomic mass is 35.5. The number of sulfonamides is 1. The molecule has 17 nitrogen and oxygen atoms in total.